The van der Waals surface area contributed by atoms with Crippen LogP contribution >= 0.6 is 35.1 Å². The van der Waals surface area contributed by atoms with Crippen LogP contribution in [0.4, 0.5) is 0 Å². The summed E-state index contributed by atoms with van der Waals surface area (Å²) in [6.45, 7) is 3.28. The van der Waals surface area contributed by atoms with Crippen molar-refractivity contribution < 1.29 is 0 Å². The molecule has 0 radical (unpaired) electrons. The molecule has 0 N–H and O–H groups in total. The van der Waals surface area contributed by atoms with Crippen LogP contribution in [-0.4, -0.2) is 16.4 Å². The fourth-order valence-electron chi connectivity index (χ4n) is 1.58. The maximum Gasteiger partial charge on any atom is 0.131 e. The highest BCUT2D eigenvalue weighted by molar-refractivity contribution is 8.00. The molecule has 1 heterocycles. The highest BCUT2D eigenvalue weighted by Gasteiger charge is 2.24. The van der Waals surface area contributed by atoms with Crippen LogP contribution in [0.5, 0.6) is 0 Å². The average Bonchev–Trinajstić information content (AvgIpc) is 2.54. The van der Waals surface area contributed by atoms with Gasteiger partial charge in [-0.25, -0.2) is 4.31 Å². The molecule has 1 atom stereocenters. The summed E-state index contributed by atoms with van der Waals surface area (Å²) >= 11 is 13.6. The molecule has 0 amide bonds. The van der Waals surface area contributed by atoms with E-state index in [2.05, 4.69) is 11.2 Å². The summed E-state index contributed by atoms with van der Waals surface area (Å²) in [5.41, 5.74) is -0.104. The van der Waals surface area contributed by atoms with Crippen molar-refractivity contribution in [2.45, 2.75) is 50.9 Å². The maximum absolute atomic E-state index is 6.10. The Hall–Kier alpha value is 0.630. The molecule has 0 saturated carbocycles. The minimum atomic E-state index is -0.104. The zero-order valence-corrected chi connectivity index (χ0v) is 11.5. The highest BCUT2D eigenvalue weighted by atomic mass is 35.5. The van der Waals surface area contributed by atoms with E-state index in [1.807, 2.05) is 5.41 Å². The standard InChI is InChI=1S/C11H19Cl2NS/c1-2-3-4-5-6-7-8-14-11(13)10(12)9-15-14/h9,11H,2-8H2,1H3. The summed E-state index contributed by atoms with van der Waals surface area (Å²) in [5, 5.41) is 2.68. The summed E-state index contributed by atoms with van der Waals surface area (Å²) in [6.07, 6.45) is 7.92. The third-order valence-electron chi connectivity index (χ3n) is 2.51. The van der Waals surface area contributed by atoms with Crippen LogP contribution in [0.25, 0.3) is 0 Å². The molecule has 0 spiro atoms. The molecule has 0 saturated heterocycles. The lowest BCUT2D eigenvalue weighted by Gasteiger charge is -2.18. The van der Waals surface area contributed by atoms with Crippen LogP contribution in [0.2, 0.25) is 0 Å². The summed E-state index contributed by atoms with van der Waals surface area (Å²) in [5.74, 6) is 0. The molecule has 0 aromatic carbocycles. The number of nitrogens with zero attached hydrogens (tertiary/aromatic N) is 1. The van der Waals surface area contributed by atoms with Crippen molar-refractivity contribution in [2.75, 3.05) is 6.54 Å². The van der Waals surface area contributed by atoms with Crippen LogP contribution < -0.4 is 0 Å². The number of unbranched alkanes of at least 4 members (excludes halogenated alkanes) is 5. The van der Waals surface area contributed by atoms with E-state index in [0.717, 1.165) is 11.6 Å². The first-order chi connectivity index (χ1) is 7.25. The quantitative estimate of drug-likeness (QED) is 0.278. The first kappa shape index (κ1) is 13.7. The Kier molecular flexibility index (Phi) is 7.15. The topological polar surface area (TPSA) is 3.24 Å². The Bertz CT molecular complexity index is 209. The number of rotatable bonds is 7. The van der Waals surface area contributed by atoms with Crippen LogP contribution in [0.15, 0.2) is 10.4 Å². The van der Waals surface area contributed by atoms with Gasteiger partial charge in [0, 0.05) is 12.0 Å². The lowest BCUT2D eigenvalue weighted by atomic mass is 10.1. The van der Waals surface area contributed by atoms with E-state index in [9.17, 15) is 0 Å². The summed E-state index contributed by atoms with van der Waals surface area (Å²) in [6, 6.07) is 0. The summed E-state index contributed by atoms with van der Waals surface area (Å²) in [7, 11) is 0. The number of alkyl halides is 1. The summed E-state index contributed by atoms with van der Waals surface area (Å²) in [4.78, 5) is 0. The third-order valence-corrected chi connectivity index (χ3v) is 4.68. The van der Waals surface area contributed by atoms with E-state index < -0.39 is 0 Å². The van der Waals surface area contributed by atoms with Crippen molar-refractivity contribution in [3.8, 4) is 0 Å². The monoisotopic (exact) mass is 267 g/mol. The second-order valence-electron chi connectivity index (χ2n) is 3.85. The van der Waals surface area contributed by atoms with Gasteiger partial charge in [-0.1, -0.05) is 62.2 Å². The van der Waals surface area contributed by atoms with Crippen molar-refractivity contribution in [3.63, 3.8) is 0 Å². The molecule has 88 valence electrons. The van der Waals surface area contributed by atoms with E-state index in [0.29, 0.717) is 0 Å². The predicted octanol–water partition coefficient (Wildman–Crippen LogP) is 4.96. The van der Waals surface area contributed by atoms with Gasteiger partial charge in [0.2, 0.25) is 0 Å². The molecule has 1 rings (SSSR count). The molecule has 0 aromatic heterocycles. The van der Waals surface area contributed by atoms with Crippen molar-refractivity contribution in [1.82, 2.24) is 4.31 Å². The van der Waals surface area contributed by atoms with Gasteiger partial charge in [-0.15, -0.1) is 0 Å². The van der Waals surface area contributed by atoms with Gasteiger partial charge in [0.25, 0.3) is 0 Å². The van der Waals surface area contributed by atoms with Crippen LogP contribution in [0.1, 0.15) is 45.4 Å². The van der Waals surface area contributed by atoms with Gasteiger partial charge in [0.05, 0.1) is 5.03 Å². The summed E-state index contributed by atoms with van der Waals surface area (Å²) < 4.78 is 2.14. The van der Waals surface area contributed by atoms with Gasteiger partial charge in [-0.05, 0) is 18.4 Å². The molecule has 4 heteroatoms. The SMILES string of the molecule is CCCCCCCCN1SC=C(Cl)C1Cl. The predicted molar refractivity (Wildman–Crippen MR) is 71.3 cm³/mol. The van der Waals surface area contributed by atoms with E-state index in [1.54, 1.807) is 11.9 Å². The highest BCUT2D eigenvalue weighted by Crippen LogP contribution is 2.35. The van der Waals surface area contributed by atoms with Gasteiger partial charge in [-0.2, -0.15) is 0 Å². The van der Waals surface area contributed by atoms with Crippen LogP contribution in [0, 0.1) is 0 Å². The molecule has 0 aromatic rings. The molecule has 1 nitrogen and oxygen atoms in total. The fourth-order valence-corrected chi connectivity index (χ4v) is 3.07. The Morgan fingerprint density at radius 1 is 1.27 bits per heavy atom. The fraction of sp³-hybridized carbons (Fsp3) is 0.818. The zero-order chi connectivity index (χ0) is 11.1. The third kappa shape index (κ3) is 4.99. The normalized spacial score (nSPS) is 22.1. The molecule has 15 heavy (non-hydrogen) atoms. The minimum absolute atomic E-state index is 0.104. The van der Waals surface area contributed by atoms with Crippen molar-refractivity contribution in [2.24, 2.45) is 0 Å². The van der Waals surface area contributed by atoms with Gasteiger partial charge >= 0.3 is 0 Å². The molecule has 0 bridgehead atoms. The molecular formula is C11H19Cl2NS. The Morgan fingerprint density at radius 3 is 2.53 bits per heavy atom. The van der Waals surface area contributed by atoms with Gasteiger partial charge in [-0.3, -0.25) is 0 Å². The number of hydrogen-bond acceptors (Lipinski definition) is 2. The lowest BCUT2D eigenvalue weighted by molar-refractivity contribution is 0.459. The Balaban J connectivity index is 1.97. The molecule has 1 aliphatic heterocycles. The largest absolute Gasteiger partial charge is 0.224 e. The molecule has 1 unspecified atom stereocenters. The van der Waals surface area contributed by atoms with E-state index in [4.69, 9.17) is 23.2 Å². The molecule has 0 fully saturated rings. The smallest absolute Gasteiger partial charge is 0.131 e. The average molecular weight is 268 g/mol. The second kappa shape index (κ2) is 7.83. The molecular weight excluding hydrogens is 249 g/mol. The van der Waals surface area contributed by atoms with Crippen molar-refractivity contribution in [1.29, 1.82) is 0 Å². The zero-order valence-electron chi connectivity index (χ0n) is 9.22. The van der Waals surface area contributed by atoms with E-state index in [-0.39, 0.29) is 5.50 Å². The Morgan fingerprint density at radius 2 is 1.93 bits per heavy atom. The second-order valence-corrected chi connectivity index (χ2v) is 5.62. The van der Waals surface area contributed by atoms with Crippen LogP contribution in [-0.2, 0) is 0 Å². The van der Waals surface area contributed by atoms with Crippen molar-refractivity contribution >= 4 is 35.1 Å². The number of halogens is 2. The molecule has 0 aliphatic carbocycles. The first-order valence-electron chi connectivity index (χ1n) is 5.68. The van der Waals surface area contributed by atoms with Crippen molar-refractivity contribution in [3.05, 3.63) is 10.4 Å². The molecule has 1 aliphatic rings. The minimum Gasteiger partial charge on any atom is -0.224 e. The van der Waals surface area contributed by atoms with E-state index >= 15 is 0 Å². The van der Waals surface area contributed by atoms with Gasteiger partial charge < -0.3 is 0 Å². The van der Waals surface area contributed by atoms with E-state index in [1.165, 1.54) is 38.5 Å². The maximum atomic E-state index is 6.10. The van der Waals surface area contributed by atoms with Gasteiger partial charge in [0.1, 0.15) is 5.50 Å². The van der Waals surface area contributed by atoms with Gasteiger partial charge in [0.15, 0.2) is 0 Å². The number of hydrogen-bond donors (Lipinski definition) is 0. The first-order valence-corrected chi connectivity index (χ1v) is 7.34. The Labute approximate surface area is 107 Å². The lowest BCUT2D eigenvalue weighted by Crippen LogP contribution is -2.21. The van der Waals surface area contributed by atoms with Crippen LogP contribution in [0.3, 0.4) is 0 Å².